The Morgan fingerprint density at radius 2 is 1.73 bits per heavy atom. The van der Waals surface area contributed by atoms with Gasteiger partial charge >= 0.3 is 6.18 Å². The Labute approximate surface area is 178 Å². The molecule has 2 heterocycles. The van der Waals surface area contributed by atoms with Crippen LogP contribution < -0.4 is 9.80 Å². The maximum Gasteiger partial charge on any atom is 0.416 e. The van der Waals surface area contributed by atoms with Crippen LogP contribution in [0.5, 0.6) is 0 Å². The van der Waals surface area contributed by atoms with E-state index in [1.54, 1.807) is 6.07 Å². The van der Waals surface area contributed by atoms with Crippen molar-refractivity contribution in [2.24, 2.45) is 7.05 Å². The molecule has 4 rings (SSSR count). The van der Waals surface area contributed by atoms with Crippen molar-refractivity contribution in [3.05, 3.63) is 64.9 Å². The van der Waals surface area contributed by atoms with Gasteiger partial charge in [-0.1, -0.05) is 36.4 Å². The van der Waals surface area contributed by atoms with Crippen molar-refractivity contribution >= 4 is 17.9 Å². The van der Waals surface area contributed by atoms with Crippen LogP contribution in [0.3, 0.4) is 0 Å². The van der Waals surface area contributed by atoms with Gasteiger partial charge in [-0.05, 0) is 30.4 Å². The average Bonchev–Trinajstić information content (AvgIpc) is 3.03. The first-order valence-corrected chi connectivity index (χ1v) is 10.2. The summed E-state index contributed by atoms with van der Waals surface area (Å²) >= 11 is 5.56. The third-order valence-corrected chi connectivity index (χ3v) is 5.94. The molecule has 9 heteroatoms. The van der Waals surface area contributed by atoms with Gasteiger partial charge in [0.1, 0.15) is 0 Å². The lowest BCUT2D eigenvalue weighted by Gasteiger charge is -2.33. The smallest absolute Gasteiger partial charge is 0.360 e. The molecule has 0 spiro atoms. The summed E-state index contributed by atoms with van der Waals surface area (Å²) in [6.45, 7) is 3.60. The highest BCUT2D eigenvalue weighted by Crippen LogP contribution is 2.31. The van der Waals surface area contributed by atoms with Crippen LogP contribution in [0.25, 0.3) is 11.4 Å². The molecule has 2 aromatic carbocycles. The minimum absolute atomic E-state index is 0.608. The fraction of sp³-hybridized carbons (Fsp3) is 0.333. The molecule has 5 nitrogen and oxygen atoms in total. The fourth-order valence-electron chi connectivity index (χ4n) is 3.76. The van der Waals surface area contributed by atoms with Crippen molar-refractivity contribution < 1.29 is 18.1 Å². The largest absolute Gasteiger partial charge is 0.416 e. The first-order chi connectivity index (χ1) is 14.3. The molecule has 0 unspecified atom stereocenters. The third-order valence-electron chi connectivity index (χ3n) is 5.46. The number of hydrogen-bond acceptors (Lipinski definition) is 3. The zero-order chi connectivity index (χ0) is 21.3. The molecule has 1 aliphatic heterocycles. The molecule has 1 fully saturated rings. The summed E-state index contributed by atoms with van der Waals surface area (Å²) < 4.78 is 43.4. The fourth-order valence-corrected chi connectivity index (χ4v) is 3.95. The number of quaternary nitrogens is 1. The molecule has 0 bridgehead atoms. The summed E-state index contributed by atoms with van der Waals surface area (Å²) in [6.07, 6.45) is -4.32. The van der Waals surface area contributed by atoms with Crippen molar-refractivity contribution in [1.82, 2.24) is 14.3 Å². The third kappa shape index (κ3) is 4.27. The van der Waals surface area contributed by atoms with Gasteiger partial charge in [-0.2, -0.15) is 17.9 Å². The summed E-state index contributed by atoms with van der Waals surface area (Å²) in [4.78, 5) is 3.30. The van der Waals surface area contributed by atoms with Crippen LogP contribution in [0.4, 0.5) is 18.9 Å². The van der Waals surface area contributed by atoms with Gasteiger partial charge in [0, 0.05) is 18.3 Å². The van der Waals surface area contributed by atoms with E-state index in [1.807, 2.05) is 51.5 Å². The van der Waals surface area contributed by atoms with Crippen LogP contribution >= 0.6 is 12.2 Å². The molecule has 0 aliphatic carbocycles. The van der Waals surface area contributed by atoms with Gasteiger partial charge in [-0.3, -0.25) is 0 Å². The van der Waals surface area contributed by atoms with Crippen molar-refractivity contribution in [1.29, 1.82) is 0 Å². The van der Waals surface area contributed by atoms with Crippen molar-refractivity contribution in [3.8, 4) is 11.4 Å². The van der Waals surface area contributed by atoms with Crippen LogP contribution in [-0.4, -0.2) is 40.5 Å². The van der Waals surface area contributed by atoms with Crippen LogP contribution in [-0.2, 0) is 19.9 Å². The molecular weight excluding hydrogens is 411 g/mol. The minimum atomic E-state index is -4.32. The molecule has 0 amide bonds. The first kappa shape index (κ1) is 20.6. The SMILES string of the molecule is Cn1c(-c2ccccc2)nn(C[NH+]2CCN(c3cccc(C(F)(F)F)c3)CC2)c1=S. The topological polar surface area (TPSA) is 30.4 Å². The van der Waals surface area contributed by atoms with Gasteiger partial charge in [-0.25, -0.2) is 0 Å². The molecule has 0 radical (unpaired) electrons. The summed E-state index contributed by atoms with van der Waals surface area (Å²) in [5.74, 6) is 0.822. The van der Waals surface area contributed by atoms with Crippen molar-refractivity contribution in [2.45, 2.75) is 12.8 Å². The van der Waals surface area contributed by atoms with E-state index in [0.29, 0.717) is 30.2 Å². The summed E-state index contributed by atoms with van der Waals surface area (Å²) in [5, 5.41) is 4.71. The molecular formula is C21H23F3N5S+. The molecule has 0 saturated carbocycles. The van der Waals surface area contributed by atoms with E-state index in [-0.39, 0.29) is 0 Å². The number of hydrogen-bond donors (Lipinski definition) is 1. The Kier molecular flexibility index (Phi) is 5.66. The van der Waals surface area contributed by atoms with Gasteiger partial charge in [0.15, 0.2) is 12.5 Å². The van der Waals surface area contributed by atoms with E-state index < -0.39 is 11.7 Å². The van der Waals surface area contributed by atoms with Gasteiger partial charge in [-0.15, -0.1) is 5.10 Å². The van der Waals surface area contributed by atoms with Gasteiger partial charge in [0.05, 0.1) is 31.7 Å². The van der Waals surface area contributed by atoms with Crippen LogP contribution in [0.2, 0.25) is 0 Å². The Hall–Kier alpha value is -2.65. The van der Waals surface area contributed by atoms with E-state index in [4.69, 9.17) is 17.3 Å². The number of nitrogens with zero attached hydrogens (tertiary/aromatic N) is 4. The molecule has 158 valence electrons. The van der Waals surface area contributed by atoms with E-state index >= 15 is 0 Å². The molecule has 1 aliphatic rings. The van der Waals surface area contributed by atoms with E-state index in [0.717, 1.165) is 30.5 Å². The number of anilines is 1. The van der Waals surface area contributed by atoms with E-state index in [2.05, 4.69) is 0 Å². The maximum atomic E-state index is 13.0. The number of rotatable bonds is 4. The second-order valence-corrected chi connectivity index (χ2v) is 7.84. The van der Waals surface area contributed by atoms with Crippen LogP contribution in [0, 0.1) is 4.77 Å². The Balaban J connectivity index is 1.43. The van der Waals surface area contributed by atoms with Crippen LogP contribution in [0.15, 0.2) is 54.6 Å². The summed E-state index contributed by atoms with van der Waals surface area (Å²) in [5.41, 5.74) is 1.02. The number of nitrogens with one attached hydrogen (secondary N) is 1. The number of alkyl halides is 3. The number of halogens is 3. The highest BCUT2D eigenvalue weighted by molar-refractivity contribution is 7.71. The quantitative estimate of drug-likeness (QED) is 0.641. The van der Waals surface area contributed by atoms with E-state index in [1.165, 1.54) is 17.0 Å². The van der Waals surface area contributed by atoms with Gasteiger partial charge in [0.25, 0.3) is 0 Å². The summed E-state index contributed by atoms with van der Waals surface area (Å²) in [6, 6.07) is 15.4. The predicted octanol–water partition coefficient (Wildman–Crippen LogP) is 3.00. The summed E-state index contributed by atoms with van der Waals surface area (Å²) in [7, 11) is 1.91. The maximum absolute atomic E-state index is 13.0. The molecule has 1 aromatic heterocycles. The molecule has 1 N–H and O–H groups in total. The molecule has 30 heavy (non-hydrogen) atoms. The first-order valence-electron chi connectivity index (χ1n) is 9.78. The Morgan fingerprint density at radius 1 is 1.03 bits per heavy atom. The lowest BCUT2D eigenvalue weighted by atomic mass is 10.1. The van der Waals surface area contributed by atoms with Crippen molar-refractivity contribution in [2.75, 3.05) is 31.1 Å². The highest BCUT2D eigenvalue weighted by atomic mass is 32.1. The highest BCUT2D eigenvalue weighted by Gasteiger charge is 2.31. The van der Waals surface area contributed by atoms with E-state index in [9.17, 15) is 13.2 Å². The second-order valence-electron chi connectivity index (χ2n) is 7.47. The molecule has 0 atom stereocenters. The van der Waals surface area contributed by atoms with Crippen molar-refractivity contribution in [3.63, 3.8) is 0 Å². The second kappa shape index (κ2) is 8.23. The standard InChI is InChI=1S/C21H22F3N5S/c1-26-19(16-6-3-2-4-7-16)25-29(20(26)30)15-27-10-12-28(13-11-27)18-9-5-8-17(14-18)21(22,23)24/h2-9,14H,10-13,15H2,1H3/p+1. The zero-order valence-electron chi connectivity index (χ0n) is 16.6. The normalized spacial score (nSPS) is 15.5. The number of benzene rings is 2. The minimum Gasteiger partial charge on any atom is -0.360 e. The number of piperazine rings is 1. The number of aromatic nitrogens is 3. The average molecular weight is 435 g/mol. The predicted molar refractivity (Wildman–Crippen MR) is 112 cm³/mol. The monoisotopic (exact) mass is 434 g/mol. The Morgan fingerprint density at radius 3 is 2.40 bits per heavy atom. The van der Waals surface area contributed by atoms with Crippen LogP contribution in [0.1, 0.15) is 5.56 Å². The lowest BCUT2D eigenvalue weighted by molar-refractivity contribution is -0.924. The molecule has 3 aromatic rings. The van der Waals surface area contributed by atoms with Gasteiger partial charge in [0.2, 0.25) is 4.77 Å². The molecule has 1 saturated heterocycles. The van der Waals surface area contributed by atoms with Gasteiger partial charge < -0.3 is 14.4 Å². The Bertz CT molecular complexity index is 1070. The lowest BCUT2D eigenvalue weighted by Crippen LogP contribution is -3.14. The zero-order valence-corrected chi connectivity index (χ0v) is 17.4.